The Hall–Kier alpha value is -3.15. The Bertz CT molecular complexity index is 771. The van der Waals surface area contributed by atoms with Crippen LogP contribution in [0.15, 0.2) is 48.5 Å². The predicted molar refractivity (Wildman–Crippen MR) is 88.8 cm³/mol. The highest BCUT2D eigenvalue weighted by Gasteiger charge is 2.27. The lowest BCUT2D eigenvalue weighted by Gasteiger charge is -2.19. The molecule has 6 heteroatoms. The fourth-order valence-corrected chi connectivity index (χ4v) is 2.10. The van der Waals surface area contributed by atoms with E-state index in [1.54, 1.807) is 37.3 Å². The lowest BCUT2D eigenvalue weighted by atomic mass is 10.2. The first-order valence-electron chi connectivity index (χ1n) is 6.97. The first-order chi connectivity index (χ1) is 10.9. The van der Waals surface area contributed by atoms with Crippen molar-refractivity contribution in [2.24, 2.45) is 0 Å². The van der Waals surface area contributed by atoms with Crippen LogP contribution in [0.3, 0.4) is 0 Å². The molecule has 6 nitrogen and oxygen atoms in total. The normalized spacial score (nSPS) is 10.0. The fraction of sp³-hybridized carbons (Fsp3) is 0.118. The Balaban J connectivity index is 2.26. The van der Waals surface area contributed by atoms with Crippen molar-refractivity contribution in [2.45, 2.75) is 13.8 Å². The highest BCUT2D eigenvalue weighted by atomic mass is 16.2. The van der Waals surface area contributed by atoms with Crippen molar-refractivity contribution in [1.29, 1.82) is 0 Å². The van der Waals surface area contributed by atoms with E-state index < -0.39 is 17.7 Å². The van der Waals surface area contributed by atoms with Crippen LogP contribution in [0, 0.1) is 6.92 Å². The zero-order valence-electron chi connectivity index (χ0n) is 12.9. The van der Waals surface area contributed by atoms with Crippen LogP contribution < -0.4 is 16.0 Å². The van der Waals surface area contributed by atoms with E-state index in [0.29, 0.717) is 11.4 Å². The Kier molecular flexibility index (Phi) is 4.75. The number of hydrogen-bond acceptors (Lipinski definition) is 4. The summed E-state index contributed by atoms with van der Waals surface area (Å²) >= 11 is 0. The largest absolute Gasteiger partial charge is 0.399 e. The SMILES string of the molecule is CC(=O)N(C(=O)C(=O)Nc1ccccc1C)c1cccc(N)c1. The summed E-state index contributed by atoms with van der Waals surface area (Å²) in [6.07, 6.45) is 0. The molecule has 0 heterocycles. The van der Waals surface area contributed by atoms with E-state index in [4.69, 9.17) is 5.73 Å². The summed E-state index contributed by atoms with van der Waals surface area (Å²) in [5.74, 6) is -2.43. The number of para-hydroxylation sites is 1. The molecule has 0 spiro atoms. The number of rotatable bonds is 2. The zero-order valence-corrected chi connectivity index (χ0v) is 12.9. The van der Waals surface area contributed by atoms with E-state index in [2.05, 4.69) is 5.32 Å². The molecule has 0 fully saturated rings. The molecule has 118 valence electrons. The highest BCUT2D eigenvalue weighted by molar-refractivity contribution is 6.48. The molecule has 2 aromatic carbocycles. The van der Waals surface area contributed by atoms with Crippen molar-refractivity contribution < 1.29 is 14.4 Å². The number of benzene rings is 2. The van der Waals surface area contributed by atoms with E-state index in [9.17, 15) is 14.4 Å². The standard InChI is InChI=1S/C17H17N3O3/c1-11-6-3-4-9-15(11)19-16(22)17(23)20(12(2)21)14-8-5-7-13(18)10-14/h3-10H,18H2,1-2H3,(H,19,22). The number of nitrogens with one attached hydrogen (secondary N) is 1. The number of carbonyl (C=O) groups is 3. The third-order valence-corrected chi connectivity index (χ3v) is 3.23. The average Bonchev–Trinajstić information content (AvgIpc) is 2.49. The van der Waals surface area contributed by atoms with Crippen molar-refractivity contribution in [3.8, 4) is 0 Å². The zero-order chi connectivity index (χ0) is 17.0. The van der Waals surface area contributed by atoms with Gasteiger partial charge in [0.2, 0.25) is 5.91 Å². The number of nitrogen functional groups attached to an aromatic ring is 1. The second kappa shape index (κ2) is 6.74. The third-order valence-electron chi connectivity index (χ3n) is 3.23. The van der Waals surface area contributed by atoms with Crippen LogP contribution in [0.25, 0.3) is 0 Å². The van der Waals surface area contributed by atoms with Gasteiger partial charge in [0.05, 0.1) is 5.69 Å². The van der Waals surface area contributed by atoms with E-state index >= 15 is 0 Å². The summed E-state index contributed by atoms with van der Waals surface area (Å²) in [7, 11) is 0. The van der Waals surface area contributed by atoms with Gasteiger partial charge < -0.3 is 11.1 Å². The third kappa shape index (κ3) is 3.74. The molecule has 0 saturated heterocycles. The molecule has 0 radical (unpaired) electrons. The Morgan fingerprint density at radius 3 is 2.35 bits per heavy atom. The van der Waals surface area contributed by atoms with Crippen LogP contribution in [0.1, 0.15) is 12.5 Å². The van der Waals surface area contributed by atoms with Crippen LogP contribution in [0.5, 0.6) is 0 Å². The van der Waals surface area contributed by atoms with Gasteiger partial charge in [0, 0.05) is 18.3 Å². The fourth-order valence-electron chi connectivity index (χ4n) is 2.10. The number of carbonyl (C=O) groups excluding carboxylic acids is 3. The molecule has 2 aromatic rings. The maximum absolute atomic E-state index is 12.4. The molecule has 23 heavy (non-hydrogen) atoms. The van der Waals surface area contributed by atoms with Crippen molar-refractivity contribution in [3.63, 3.8) is 0 Å². The van der Waals surface area contributed by atoms with Gasteiger partial charge in [-0.25, -0.2) is 4.90 Å². The Labute approximate surface area is 133 Å². The van der Waals surface area contributed by atoms with Gasteiger partial charge in [-0.2, -0.15) is 0 Å². The molecule has 0 bridgehead atoms. The minimum atomic E-state index is -0.966. The van der Waals surface area contributed by atoms with Crippen LogP contribution in [-0.2, 0) is 14.4 Å². The number of nitrogens with zero attached hydrogens (tertiary/aromatic N) is 1. The van der Waals surface area contributed by atoms with Crippen LogP contribution in [0.2, 0.25) is 0 Å². The van der Waals surface area contributed by atoms with Crippen molar-refractivity contribution in [3.05, 3.63) is 54.1 Å². The summed E-state index contributed by atoms with van der Waals surface area (Å²) in [6.45, 7) is 3.02. The molecule has 3 N–H and O–H groups in total. The van der Waals surface area contributed by atoms with Gasteiger partial charge in [-0.3, -0.25) is 14.4 Å². The first-order valence-corrected chi connectivity index (χ1v) is 6.97. The molecular formula is C17H17N3O3. The maximum atomic E-state index is 12.4. The number of hydrogen-bond donors (Lipinski definition) is 2. The molecule has 0 aliphatic rings. The van der Waals surface area contributed by atoms with Gasteiger partial charge >= 0.3 is 11.8 Å². The summed E-state index contributed by atoms with van der Waals surface area (Å²) in [5, 5.41) is 2.52. The Morgan fingerprint density at radius 2 is 1.74 bits per heavy atom. The summed E-state index contributed by atoms with van der Waals surface area (Å²) in [6, 6.07) is 13.3. The van der Waals surface area contributed by atoms with Gasteiger partial charge in [-0.05, 0) is 36.8 Å². The second-order valence-corrected chi connectivity index (χ2v) is 5.02. The molecule has 0 aliphatic carbocycles. The molecule has 0 aromatic heterocycles. The molecular weight excluding hydrogens is 294 g/mol. The van der Waals surface area contributed by atoms with Crippen molar-refractivity contribution in [2.75, 3.05) is 16.0 Å². The highest BCUT2D eigenvalue weighted by Crippen LogP contribution is 2.19. The topological polar surface area (TPSA) is 92.5 Å². The molecule has 0 saturated carbocycles. The predicted octanol–water partition coefficient (Wildman–Crippen LogP) is 2.10. The van der Waals surface area contributed by atoms with E-state index in [1.165, 1.54) is 19.1 Å². The number of amides is 3. The average molecular weight is 311 g/mol. The minimum absolute atomic E-state index is 0.252. The van der Waals surface area contributed by atoms with E-state index in [1.807, 2.05) is 6.07 Å². The summed E-state index contributed by atoms with van der Waals surface area (Å²) in [5.41, 5.74) is 7.64. The van der Waals surface area contributed by atoms with Gasteiger partial charge in [0.15, 0.2) is 0 Å². The van der Waals surface area contributed by atoms with E-state index in [0.717, 1.165) is 10.5 Å². The Morgan fingerprint density at radius 1 is 1.04 bits per heavy atom. The molecule has 2 rings (SSSR count). The molecule has 0 unspecified atom stereocenters. The number of anilines is 3. The number of imide groups is 1. The van der Waals surface area contributed by atoms with Gasteiger partial charge in [0.1, 0.15) is 0 Å². The molecule has 0 aliphatic heterocycles. The van der Waals surface area contributed by atoms with E-state index in [-0.39, 0.29) is 5.69 Å². The quantitative estimate of drug-likeness (QED) is 0.656. The van der Waals surface area contributed by atoms with Crippen molar-refractivity contribution in [1.82, 2.24) is 0 Å². The number of aryl methyl sites for hydroxylation is 1. The van der Waals surface area contributed by atoms with Crippen molar-refractivity contribution >= 4 is 34.8 Å². The summed E-state index contributed by atoms with van der Waals surface area (Å²) in [4.78, 5) is 37.1. The first kappa shape index (κ1) is 16.2. The monoisotopic (exact) mass is 311 g/mol. The van der Waals surface area contributed by atoms with Crippen LogP contribution >= 0.6 is 0 Å². The minimum Gasteiger partial charge on any atom is -0.399 e. The maximum Gasteiger partial charge on any atom is 0.323 e. The lowest BCUT2D eigenvalue weighted by Crippen LogP contribution is -2.42. The second-order valence-electron chi connectivity index (χ2n) is 5.02. The van der Waals surface area contributed by atoms with Gasteiger partial charge in [-0.1, -0.05) is 24.3 Å². The van der Waals surface area contributed by atoms with Gasteiger partial charge in [-0.15, -0.1) is 0 Å². The van der Waals surface area contributed by atoms with Crippen LogP contribution in [-0.4, -0.2) is 17.7 Å². The lowest BCUT2D eigenvalue weighted by molar-refractivity contribution is -0.136. The number of nitrogens with two attached hydrogens (primary N) is 1. The smallest absolute Gasteiger partial charge is 0.323 e. The van der Waals surface area contributed by atoms with Gasteiger partial charge in [0.25, 0.3) is 0 Å². The molecule has 3 amide bonds. The molecule has 0 atom stereocenters. The van der Waals surface area contributed by atoms with Crippen LogP contribution in [0.4, 0.5) is 17.1 Å². The summed E-state index contributed by atoms with van der Waals surface area (Å²) < 4.78 is 0.